The first kappa shape index (κ1) is 10.9. The van der Waals surface area contributed by atoms with Gasteiger partial charge in [-0.1, -0.05) is 22.0 Å². The number of fused-ring (bicyclic) bond motifs is 1. The largest absolute Gasteiger partial charge is 0.389 e. The number of hydrogen-bond donors (Lipinski definition) is 1. The molecule has 1 heterocycles. The van der Waals surface area contributed by atoms with Gasteiger partial charge in [0.2, 0.25) is 9.84 Å². The summed E-state index contributed by atoms with van der Waals surface area (Å²) in [5, 5.41) is 10.6. The lowest BCUT2D eigenvalue weighted by atomic mass is 10.0. The maximum atomic E-state index is 11.7. The molecule has 1 aromatic carbocycles. The van der Waals surface area contributed by atoms with E-state index in [9.17, 15) is 13.5 Å². The number of aliphatic hydroxyl groups excluding tert-OH is 1. The minimum atomic E-state index is -3.37. The Bertz CT molecular complexity index is 544. The maximum absolute atomic E-state index is 11.7. The van der Waals surface area contributed by atoms with Gasteiger partial charge in [-0.25, -0.2) is 8.42 Å². The Morgan fingerprint density at radius 1 is 1.40 bits per heavy atom. The zero-order valence-corrected chi connectivity index (χ0v) is 10.3. The topological polar surface area (TPSA) is 54.4 Å². The molecule has 0 saturated heterocycles. The summed E-state index contributed by atoms with van der Waals surface area (Å²) in [5.41, 5.74) is 1.02. The Morgan fingerprint density at radius 2 is 2.07 bits per heavy atom. The Labute approximate surface area is 96.5 Å². The summed E-state index contributed by atoms with van der Waals surface area (Å²) in [7, 11) is -3.37. The minimum absolute atomic E-state index is 0.257. The van der Waals surface area contributed by atoms with Crippen LogP contribution in [0.5, 0.6) is 0 Å². The highest BCUT2D eigenvalue weighted by molar-refractivity contribution is 9.10. The smallest absolute Gasteiger partial charge is 0.200 e. The van der Waals surface area contributed by atoms with E-state index in [-0.39, 0.29) is 4.90 Å². The molecule has 1 unspecified atom stereocenters. The van der Waals surface area contributed by atoms with Crippen molar-refractivity contribution >= 4 is 31.3 Å². The molecule has 0 amide bonds. The van der Waals surface area contributed by atoms with Crippen molar-refractivity contribution in [2.24, 2.45) is 0 Å². The molecule has 1 aromatic rings. The molecule has 0 bridgehead atoms. The van der Waals surface area contributed by atoms with Gasteiger partial charge in [0.15, 0.2) is 0 Å². The molecule has 0 radical (unpaired) electrons. The summed E-state index contributed by atoms with van der Waals surface area (Å²) in [6.07, 6.45) is -0.792. The summed E-state index contributed by atoms with van der Waals surface area (Å²) < 4.78 is 24.1. The third-order valence-corrected chi connectivity index (χ3v) is 4.48. The fourth-order valence-corrected chi connectivity index (χ4v) is 3.90. The van der Waals surface area contributed by atoms with Gasteiger partial charge in [0, 0.05) is 21.0 Å². The summed E-state index contributed by atoms with van der Waals surface area (Å²) in [5.74, 6) is 0. The number of hydrogen-bond acceptors (Lipinski definition) is 3. The van der Waals surface area contributed by atoms with Crippen molar-refractivity contribution in [1.29, 1.82) is 0 Å². The van der Waals surface area contributed by atoms with Crippen LogP contribution in [0.2, 0.25) is 0 Å². The van der Waals surface area contributed by atoms with Gasteiger partial charge in [-0.2, -0.15) is 0 Å². The highest BCUT2D eigenvalue weighted by Crippen LogP contribution is 2.39. The molecule has 0 fully saturated rings. The Balaban J connectivity index is 2.80. The fraction of sp³-hybridized carbons (Fsp3) is 0.200. The van der Waals surface area contributed by atoms with E-state index in [4.69, 9.17) is 0 Å². The van der Waals surface area contributed by atoms with E-state index in [0.29, 0.717) is 15.6 Å². The van der Waals surface area contributed by atoms with Gasteiger partial charge in [-0.05, 0) is 19.1 Å². The molecule has 15 heavy (non-hydrogen) atoms. The van der Waals surface area contributed by atoms with Crippen LogP contribution in [-0.2, 0) is 9.84 Å². The Hall–Kier alpha value is -0.650. The van der Waals surface area contributed by atoms with Gasteiger partial charge in [-0.3, -0.25) is 0 Å². The second kappa shape index (κ2) is 3.43. The second-order valence-electron chi connectivity index (χ2n) is 3.41. The molecular weight excluding hydrogens is 280 g/mol. The molecule has 1 atom stereocenters. The SMILES string of the molecule is CC(O)C1=CS(=O)(=O)c2cccc(Br)c21. The molecule has 3 nitrogen and oxygen atoms in total. The number of benzene rings is 1. The fourth-order valence-electron chi connectivity index (χ4n) is 1.62. The predicted molar refractivity (Wildman–Crippen MR) is 61.0 cm³/mol. The van der Waals surface area contributed by atoms with E-state index in [1.54, 1.807) is 25.1 Å². The summed E-state index contributed by atoms with van der Waals surface area (Å²) in [6.45, 7) is 1.55. The van der Waals surface area contributed by atoms with Crippen molar-refractivity contribution in [3.8, 4) is 0 Å². The van der Waals surface area contributed by atoms with Crippen LogP contribution in [0.25, 0.3) is 5.57 Å². The van der Waals surface area contributed by atoms with E-state index < -0.39 is 15.9 Å². The van der Waals surface area contributed by atoms with E-state index in [1.807, 2.05) is 0 Å². The van der Waals surface area contributed by atoms with E-state index in [0.717, 1.165) is 5.41 Å². The highest BCUT2D eigenvalue weighted by atomic mass is 79.9. The lowest BCUT2D eigenvalue weighted by Crippen LogP contribution is -2.02. The monoisotopic (exact) mass is 288 g/mol. The van der Waals surface area contributed by atoms with E-state index >= 15 is 0 Å². The van der Waals surface area contributed by atoms with Crippen molar-refractivity contribution in [2.75, 3.05) is 0 Å². The third kappa shape index (κ3) is 1.64. The maximum Gasteiger partial charge on any atom is 0.200 e. The quantitative estimate of drug-likeness (QED) is 0.859. The van der Waals surface area contributed by atoms with Crippen molar-refractivity contribution in [2.45, 2.75) is 17.9 Å². The second-order valence-corrected chi connectivity index (χ2v) is 6.03. The van der Waals surface area contributed by atoms with Gasteiger partial charge in [0.05, 0.1) is 11.0 Å². The zero-order valence-electron chi connectivity index (χ0n) is 7.94. The van der Waals surface area contributed by atoms with Crippen LogP contribution in [0.15, 0.2) is 33.0 Å². The molecule has 0 spiro atoms. The number of halogens is 1. The van der Waals surface area contributed by atoms with Crippen LogP contribution >= 0.6 is 15.9 Å². The van der Waals surface area contributed by atoms with Crippen molar-refractivity contribution in [1.82, 2.24) is 0 Å². The van der Waals surface area contributed by atoms with Crippen LogP contribution in [0, 0.1) is 0 Å². The summed E-state index contributed by atoms with van der Waals surface area (Å²) >= 11 is 3.29. The number of rotatable bonds is 1. The van der Waals surface area contributed by atoms with E-state index in [2.05, 4.69) is 15.9 Å². The van der Waals surface area contributed by atoms with Crippen molar-refractivity contribution in [3.63, 3.8) is 0 Å². The first-order chi connectivity index (χ1) is 6.93. The number of aliphatic hydroxyl groups is 1. The molecule has 0 saturated carbocycles. The summed E-state index contributed by atoms with van der Waals surface area (Å²) in [4.78, 5) is 0.257. The number of sulfone groups is 1. The predicted octanol–water partition coefficient (Wildman–Crippen LogP) is 1.96. The van der Waals surface area contributed by atoms with Crippen molar-refractivity contribution in [3.05, 3.63) is 33.6 Å². The molecular formula is C10H9BrO3S. The van der Waals surface area contributed by atoms with Gasteiger partial charge in [0.25, 0.3) is 0 Å². The zero-order chi connectivity index (χ0) is 11.2. The molecule has 0 aliphatic carbocycles. The van der Waals surface area contributed by atoms with Gasteiger partial charge < -0.3 is 5.11 Å². The molecule has 5 heteroatoms. The summed E-state index contributed by atoms with van der Waals surface area (Å²) in [6, 6.07) is 4.97. The third-order valence-electron chi connectivity index (χ3n) is 2.30. The van der Waals surface area contributed by atoms with Gasteiger partial charge in [-0.15, -0.1) is 0 Å². The minimum Gasteiger partial charge on any atom is -0.389 e. The van der Waals surface area contributed by atoms with Crippen LogP contribution in [0.3, 0.4) is 0 Å². The normalized spacial score (nSPS) is 19.5. The average molecular weight is 289 g/mol. The first-order valence-electron chi connectivity index (χ1n) is 4.37. The van der Waals surface area contributed by atoms with Crippen LogP contribution in [0.1, 0.15) is 12.5 Å². The molecule has 80 valence electrons. The molecule has 2 rings (SSSR count). The Kier molecular flexibility index (Phi) is 2.48. The molecule has 1 aliphatic heterocycles. The molecule has 1 aliphatic rings. The van der Waals surface area contributed by atoms with Crippen LogP contribution in [-0.4, -0.2) is 19.6 Å². The van der Waals surface area contributed by atoms with Gasteiger partial charge in [0.1, 0.15) is 0 Å². The Morgan fingerprint density at radius 3 is 2.67 bits per heavy atom. The standard InChI is InChI=1S/C10H9BrO3S/c1-6(12)7-5-15(13,14)9-4-2-3-8(11)10(7)9/h2-6,12H,1H3. The molecule has 1 N–H and O–H groups in total. The first-order valence-corrected chi connectivity index (χ1v) is 6.71. The van der Waals surface area contributed by atoms with Gasteiger partial charge >= 0.3 is 0 Å². The van der Waals surface area contributed by atoms with E-state index in [1.165, 1.54) is 0 Å². The van der Waals surface area contributed by atoms with Crippen LogP contribution < -0.4 is 0 Å². The molecule has 0 aromatic heterocycles. The van der Waals surface area contributed by atoms with Crippen LogP contribution in [0.4, 0.5) is 0 Å². The highest BCUT2D eigenvalue weighted by Gasteiger charge is 2.30. The van der Waals surface area contributed by atoms with Crippen molar-refractivity contribution < 1.29 is 13.5 Å². The lowest BCUT2D eigenvalue weighted by Gasteiger charge is -2.08. The lowest BCUT2D eigenvalue weighted by molar-refractivity contribution is 0.253. The average Bonchev–Trinajstić information content (AvgIpc) is 2.40.